The zero-order valence-corrected chi connectivity index (χ0v) is 12.1. The van der Waals surface area contributed by atoms with E-state index in [9.17, 15) is 4.79 Å². The maximum absolute atomic E-state index is 11.5. The third-order valence-electron chi connectivity index (χ3n) is 3.47. The van der Waals surface area contributed by atoms with Crippen molar-refractivity contribution in [3.05, 3.63) is 30.1 Å². The third-order valence-corrected chi connectivity index (χ3v) is 3.47. The summed E-state index contributed by atoms with van der Waals surface area (Å²) in [5, 5.41) is 7.06. The maximum atomic E-state index is 11.5. The van der Waals surface area contributed by atoms with Gasteiger partial charge in [-0.1, -0.05) is 0 Å². The molecule has 2 heterocycles. The lowest BCUT2D eigenvalue weighted by molar-refractivity contribution is -0.116. The van der Waals surface area contributed by atoms with E-state index in [1.807, 2.05) is 30.8 Å². The monoisotopic (exact) mass is 286 g/mol. The fourth-order valence-corrected chi connectivity index (χ4v) is 2.30. The molecule has 0 atom stereocenters. The topological polar surface area (TPSA) is 82.2 Å². The smallest absolute Gasteiger partial charge is 0.224 e. The SMILES string of the molecule is CC(C)n1cc(Oc2cc3c(cc2N)CCC(=O)N3)cn1. The molecule has 6 nitrogen and oxygen atoms in total. The van der Waals surface area contributed by atoms with Gasteiger partial charge in [-0.15, -0.1) is 0 Å². The van der Waals surface area contributed by atoms with E-state index in [1.165, 1.54) is 0 Å². The first-order valence-corrected chi connectivity index (χ1v) is 6.97. The molecular weight excluding hydrogens is 268 g/mol. The molecule has 110 valence electrons. The summed E-state index contributed by atoms with van der Waals surface area (Å²) in [5.74, 6) is 1.17. The number of anilines is 2. The number of fused-ring (bicyclic) bond motifs is 1. The molecule has 0 saturated carbocycles. The number of nitrogens with zero attached hydrogens (tertiary/aromatic N) is 2. The van der Waals surface area contributed by atoms with Crippen molar-refractivity contribution < 1.29 is 9.53 Å². The Morgan fingerprint density at radius 3 is 2.90 bits per heavy atom. The van der Waals surface area contributed by atoms with Gasteiger partial charge in [0, 0.05) is 24.2 Å². The summed E-state index contributed by atoms with van der Waals surface area (Å²) in [5.41, 5.74) is 8.40. The summed E-state index contributed by atoms with van der Waals surface area (Å²) in [4.78, 5) is 11.5. The Balaban J connectivity index is 1.88. The first-order chi connectivity index (χ1) is 10.0. The number of aryl methyl sites for hydroxylation is 1. The molecule has 0 fully saturated rings. The first kappa shape index (κ1) is 13.5. The van der Waals surface area contributed by atoms with Gasteiger partial charge in [-0.25, -0.2) is 0 Å². The lowest BCUT2D eigenvalue weighted by Crippen LogP contribution is -2.19. The Bertz CT molecular complexity index is 691. The van der Waals surface area contributed by atoms with Crippen LogP contribution in [0, 0.1) is 0 Å². The number of ether oxygens (including phenoxy) is 1. The highest BCUT2D eigenvalue weighted by Crippen LogP contribution is 2.35. The molecule has 1 aromatic heterocycles. The van der Waals surface area contributed by atoms with Crippen molar-refractivity contribution in [2.45, 2.75) is 32.7 Å². The van der Waals surface area contributed by atoms with E-state index in [1.54, 1.807) is 12.3 Å². The van der Waals surface area contributed by atoms with Gasteiger partial charge in [0.15, 0.2) is 11.5 Å². The van der Waals surface area contributed by atoms with Crippen LogP contribution in [0.5, 0.6) is 11.5 Å². The van der Waals surface area contributed by atoms with Crippen molar-refractivity contribution >= 4 is 17.3 Å². The second-order valence-electron chi connectivity index (χ2n) is 5.45. The number of amides is 1. The van der Waals surface area contributed by atoms with Crippen LogP contribution < -0.4 is 15.8 Å². The Kier molecular flexibility index (Phi) is 3.29. The Morgan fingerprint density at radius 2 is 2.19 bits per heavy atom. The van der Waals surface area contributed by atoms with Crippen LogP contribution in [0.25, 0.3) is 0 Å². The number of rotatable bonds is 3. The van der Waals surface area contributed by atoms with Crippen LogP contribution >= 0.6 is 0 Å². The molecule has 1 amide bonds. The lowest BCUT2D eigenvalue weighted by atomic mass is 10.0. The summed E-state index contributed by atoms with van der Waals surface area (Å²) in [6.45, 7) is 4.08. The van der Waals surface area contributed by atoms with Crippen LogP contribution in [-0.4, -0.2) is 15.7 Å². The van der Waals surface area contributed by atoms with E-state index >= 15 is 0 Å². The van der Waals surface area contributed by atoms with Gasteiger partial charge in [0.25, 0.3) is 0 Å². The van der Waals surface area contributed by atoms with Crippen LogP contribution in [0.4, 0.5) is 11.4 Å². The van der Waals surface area contributed by atoms with Crippen LogP contribution in [0.15, 0.2) is 24.5 Å². The largest absolute Gasteiger partial charge is 0.452 e. The fourth-order valence-electron chi connectivity index (χ4n) is 2.30. The van der Waals surface area contributed by atoms with Crippen molar-refractivity contribution in [2.24, 2.45) is 0 Å². The highest BCUT2D eigenvalue weighted by Gasteiger charge is 2.17. The van der Waals surface area contributed by atoms with E-state index in [2.05, 4.69) is 10.4 Å². The highest BCUT2D eigenvalue weighted by atomic mass is 16.5. The summed E-state index contributed by atoms with van der Waals surface area (Å²) in [7, 11) is 0. The van der Waals surface area contributed by atoms with E-state index in [0.29, 0.717) is 30.0 Å². The molecule has 0 unspecified atom stereocenters. The van der Waals surface area contributed by atoms with Crippen molar-refractivity contribution in [1.82, 2.24) is 9.78 Å². The zero-order valence-electron chi connectivity index (χ0n) is 12.1. The summed E-state index contributed by atoms with van der Waals surface area (Å²) < 4.78 is 7.59. The van der Waals surface area contributed by atoms with Gasteiger partial charge < -0.3 is 15.8 Å². The average molecular weight is 286 g/mol. The molecule has 3 N–H and O–H groups in total. The molecule has 6 heteroatoms. The van der Waals surface area contributed by atoms with Gasteiger partial charge in [-0.05, 0) is 31.9 Å². The molecule has 2 aromatic rings. The van der Waals surface area contributed by atoms with E-state index in [-0.39, 0.29) is 11.9 Å². The van der Waals surface area contributed by atoms with Gasteiger partial charge in [0.05, 0.1) is 18.1 Å². The molecule has 0 bridgehead atoms. The number of carbonyl (C=O) groups excluding carboxylic acids is 1. The predicted octanol–water partition coefficient (Wildman–Crippen LogP) is 2.72. The Hall–Kier alpha value is -2.50. The number of hydrogen-bond donors (Lipinski definition) is 2. The molecule has 1 aliphatic rings. The minimum Gasteiger partial charge on any atom is -0.452 e. The second-order valence-corrected chi connectivity index (χ2v) is 5.45. The second kappa shape index (κ2) is 5.12. The highest BCUT2D eigenvalue weighted by molar-refractivity contribution is 5.94. The molecular formula is C15H18N4O2. The number of benzene rings is 1. The molecule has 3 rings (SSSR count). The minimum atomic E-state index is 0.0193. The molecule has 0 spiro atoms. The molecule has 1 aromatic carbocycles. The zero-order chi connectivity index (χ0) is 15.0. The average Bonchev–Trinajstić information content (AvgIpc) is 2.89. The van der Waals surface area contributed by atoms with Gasteiger partial charge in [-0.2, -0.15) is 5.10 Å². The van der Waals surface area contributed by atoms with Crippen LogP contribution in [0.2, 0.25) is 0 Å². The number of nitrogens with two attached hydrogens (primary N) is 1. The van der Waals surface area contributed by atoms with Gasteiger partial charge in [-0.3, -0.25) is 9.48 Å². The molecule has 21 heavy (non-hydrogen) atoms. The normalized spacial score (nSPS) is 14.0. The predicted molar refractivity (Wildman–Crippen MR) is 80.5 cm³/mol. The standard InChI is InChI=1S/C15H18N4O2/c1-9(2)19-8-11(7-17-19)21-14-6-13-10(5-12(14)16)3-4-15(20)18-13/h5-9H,3-4,16H2,1-2H3,(H,18,20). The van der Waals surface area contributed by atoms with Crippen molar-refractivity contribution in [3.63, 3.8) is 0 Å². The Morgan fingerprint density at radius 1 is 1.38 bits per heavy atom. The molecule has 0 aliphatic carbocycles. The van der Waals surface area contributed by atoms with E-state index in [4.69, 9.17) is 10.5 Å². The van der Waals surface area contributed by atoms with Crippen LogP contribution in [0.1, 0.15) is 31.9 Å². The molecule has 1 aliphatic heterocycles. The van der Waals surface area contributed by atoms with Gasteiger partial charge in [0.2, 0.25) is 5.91 Å². The van der Waals surface area contributed by atoms with Crippen LogP contribution in [-0.2, 0) is 11.2 Å². The number of nitrogen functional groups attached to an aromatic ring is 1. The summed E-state index contributed by atoms with van der Waals surface area (Å²) in [6, 6.07) is 3.90. The maximum Gasteiger partial charge on any atom is 0.224 e. The third kappa shape index (κ3) is 2.69. The van der Waals surface area contributed by atoms with E-state index in [0.717, 1.165) is 11.3 Å². The summed E-state index contributed by atoms with van der Waals surface area (Å²) in [6.07, 6.45) is 4.67. The van der Waals surface area contributed by atoms with Gasteiger partial charge >= 0.3 is 0 Å². The first-order valence-electron chi connectivity index (χ1n) is 6.97. The van der Waals surface area contributed by atoms with Crippen molar-refractivity contribution in [3.8, 4) is 11.5 Å². The Labute approximate surface area is 122 Å². The number of aromatic nitrogens is 2. The van der Waals surface area contributed by atoms with Crippen molar-refractivity contribution in [2.75, 3.05) is 11.1 Å². The van der Waals surface area contributed by atoms with E-state index < -0.39 is 0 Å². The minimum absolute atomic E-state index is 0.0193. The summed E-state index contributed by atoms with van der Waals surface area (Å²) >= 11 is 0. The number of nitrogens with one attached hydrogen (secondary N) is 1. The number of carbonyl (C=O) groups is 1. The number of hydrogen-bond acceptors (Lipinski definition) is 4. The quantitative estimate of drug-likeness (QED) is 0.850. The fraction of sp³-hybridized carbons (Fsp3) is 0.333. The lowest BCUT2D eigenvalue weighted by Gasteiger charge is -2.19. The van der Waals surface area contributed by atoms with Gasteiger partial charge in [0.1, 0.15) is 0 Å². The molecule has 0 saturated heterocycles. The molecule has 0 radical (unpaired) electrons. The van der Waals surface area contributed by atoms with Crippen LogP contribution in [0.3, 0.4) is 0 Å². The van der Waals surface area contributed by atoms with Crippen molar-refractivity contribution in [1.29, 1.82) is 0 Å².